The zero-order chi connectivity index (χ0) is 17.2. The summed E-state index contributed by atoms with van der Waals surface area (Å²) in [7, 11) is 2.04. The zero-order valence-corrected chi connectivity index (χ0v) is 14.5. The molecule has 0 radical (unpaired) electrons. The summed E-state index contributed by atoms with van der Waals surface area (Å²) in [5.74, 6) is 1.92. The van der Waals surface area contributed by atoms with Gasteiger partial charge < -0.3 is 4.57 Å². The van der Waals surface area contributed by atoms with Crippen LogP contribution in [-0.2, 0) is 19.9 Å². The Balaban J connectivity index is 1.57. The molecule has 0 unspecified atom stereocenters. The van der Waals surface area contributed by atoms with Crippen LogP contribution in [0.3, 0.4) is 0 Å². The van der Waals surface area contributed by atoms with Crippen molar-refractivity contribution in [1.29, 1.82) is 0 Å². The van der Waals surface area contributed by atoms with Gasteiger partial charge in [-0.2, -0.15) is 0 Å². The third-order valence-electron chi connectivity index (χ3n) is 4.45. The molecule has 0 amide bonds. The lowest BCUT2D eigenvalue weighted by Crippen LogP contribution is -2.04. The maximum absolute atomic E-state index is 4.79. The van der Waals surface area contributed by atoms with Crippen LogP contribution in [0.2, 0.25) is 0 Å². The normalized spacial score (nSPS) is 11.1. The van der Waals surface area contributed by atoms with Gasteiger partial charge in [0.2, 0.25) is 0 Å². The largest absolute Gasteiger partial charge is 0.337 e. The van der Waals surface area contributed by atoms with E-state index in [4.69, 9.17) is 9.97 Å². The fourth-order valence-electron chi connectivity index (χ4n) is 3.12. The van der Waals surface area contributed by atoms with Crippen LogP contribution in [0.4, 0.5) is 0 Å². The van der Waals surface area contributed by atoms with Crippen molar-refractivity contribution in [2.45, 2.75) is 19.8 Å². The molecule has 4 aromatic rings. The fourth-order valence-corrected chi connectivity index (χ4v) is 3.12. The van der Waals surface area contributed by atoms with Crippen molar-refractivity contribution in [2.75, 3.05) is 0 Å². The van der Waals surface area contributed by atoms with Crippen LogP contribution >= 0.6 is 0 Å². The quantitative estimate of drug-likeness (QED) is 0.566. The van der Waals surface area contributed by atoms with Crippen LogP contribution in [0.1, 0.15) is 17.3 Å². The molecule has 0 atom stereocenters. The average Bonchev–Trinajstić information content (AvgIpc) is 3.02. The second kappa shape index (κ2) is 6.48. The van der Waals surface area contributed by atoms with Crippen molar-refractivity contribution >= 4 is 10.9 Å². The average molecular weight is 328 g/mol. The van der Waals surface area contributed by atoms with Crippen LogP contribution in [0.5, 0.6) is 0 Å². The van der Waals surface area contributed by atoms with Gasteiger partial charge in [0, 0.05) is 42.7 Å². The molecule has 0 N–H and O–H groups in total. The number of benzene rings is 2. The monoisotopic (exact) mass is 328 g/mol. The van der Waals surface area contributed by atoms with Crippen LogP contribution in [0, 0.1) is 6.92 Å². The number of hydrogen-bond donors (Lipinski definition) is 0. The lowest BCUT2D eigenvalue weighted by atomic mass is 10.2. The molecular formula is C21H20N4. The molecule has 2 aromatic carbocycles. The van der Waals surface area contributed by atoms with E-state index in [0.717, 1.165) is 52.3 Å². The van der Waals surface area contributed by atoms with Gasteiger partial charge in [-0.3, -0.25) is 0 Å². The lowest BCUT2D eigenvalue weighted by Gasteiger charge is -2.05. The number of aryl methyl sites for hydroxylation is 4. The first-order valence-corrected chi connectivity index (χ1v) is 8.50. The van der Waals surface area contributed by atoms with Gasteiger partial charge in [0.05, 0.1) is 11.2 Å². The lowest BCUT2D eigenvalue weighted by molar-refractivity contribution is 0.748. The number of para-hydroxylation sites is 1. The van der Waals surface area contributed by atoms with Gasteiger partial charge in [0.1, 0.15) is 11.6 Å². The van der Waals surface area contributed by atoms with Crippen LogP contribution in [-0.4, -0.2) is 19.5 Å². The van der Waals surface area contributed by atoms with Gasteiger partial charge in [0.15, 0.2) is 0 Å². The SMILES string of the molecule is Cc1nc(CCc2nc(-c3ccccc3)cn2C)nc2ccccc12. The number of rotatable bonds is 4. The third kappa shape index (κ3) is 3.15. The fraction of sp³-hybridized carbons (Fsp3) is 0.190. The number of aromatic nitrogens is 4. The minimum atomic E-state index is 0.782. The predicted molar refractivity (Wildman–Crippen MR) is 100 cm³/mol. The summed E-state index contributed by atoms with van der Waals surface area (Å²) in [6.07, 6.45) is 3.68. The Morgan fingerprint density at radius 3 is 2.44 bits per heavy atom. The van der Waals surface area contributed by atoms with Crippen LogP contribution in [0.25, 0.3) is 22.2 Å². The molecule has 2 aromatic heterocycles. The minimum absolute atomic E-state index is 0.782. The summed E-state index contributed by atoms with van der Waals surface area (Å²) >= 11 is 0. The van der Waals surface area contributed by atoms with Crippen molar-refractivity contribution in [3.8, 4) is 11.3 Å². The third-order valence-corrected chi connectivity index (χ3v) is 4.45. The van der Waals surface area contributed by atoms with E-state index in [1.54, 1.807) is 0 Å². The van der Waals surface area contributed by atoms with Crippen molar-refractivity contribution < 1.29 is 0 Å². The Bertz CT molecular complexity index is 1020. The summed E-state index contributed by atoms with van der Waals surface area (Å²) in [6, 6.07) is 18.4. The van der Waals surface area contributed by atoms with Crippen molar-refractivity contribution in [1.82, 2.24) is 19.5 Å². The highest BCUT2D eigenvalue weighted by Gasteiger charge is 2.09. The summed E-state index contributed by atoms with van der Waals surface area (Å²) in [5, 5.41) is 1.12. The first-order chi connectivity index (χ1) is 12.2. The Kier molecular flexibility index (Phi) is 4.02. The molecule has 0 spiro atoms. The summed E-state index contributed by atoms with van der Waals surface area (Å²) in [5.41, 5.74) is 4.19. The number of nitrogens with zero attached hydrogens (tertiary/aromatic N) is 4. The second-order valence-electron chi connectivity index (χ2n) is 6.26. The topological polar surface area (TPSA) is 43.6 Å². The van der Waals surface area contributed by atoms with E-state index in [9.17, 15) is 0 Å². The van der Waals surface area contributed by atoms with Gasteiger partial charge in [-0.25, -0.2) is 15.0 Å². The molecular weight excluding hydrogens is 308 g/mol. The van der Waals surface area contributed by atoms with E-state index in [1.807, 2.05) is 50.4 Å². The molecule has 0 aliphatic heterocycles. The molecule has 0 aliphatic rings. The van der Waals surface area contributed by atoms with Crippen molar-refractivity contribution in [3.05, 3.63) is 78.1 Å². The van der Waals surface area contributed by atoms with E-state index >= 15 is 0 Å². The zero-order valence-electron chi connectivity index (χ0n) is 14.5. The molecule has 124 valence electrons. The maximum atomic E-state index is 4.79. The molecule has 0 fully saturated rings. The van der Waals surface area contributed by atoms with Crippen molar-refractivity contribution in [3.63, 3.8) is 0 Å². The van der Waals surface area contributed by atoms with E-state index in [2.05, 4.69) is 33.9 Å². The van der Waals surface area contributed by atoms with Gasteiger partial charge >= 0.3 is 0 Å². The molecule has 4 nitrogen and oxygen atoms in total. The van der Waals surface area contributed by atoms with Gasteiger partial charge in [-0.15, -0.1) is 0 Å². The molecule has 0 saturated heterocycles. The van der Waals surface area contributed by atoms with Gasteiger partial charge in [-0.1, -0.05) is 48.5 Å². The highest BCUT2D eigenvalue weighted by atomic mass is 15.0. The summed E-state index contributed by atoms with van der Waals surface area (Å²) < 4.78 is 2.09. The standard InChI is InChI=1S/C21H20N4/c1-15-17-10-6-7-11-18(17)23-20(22-15)12-13-21-24-19(14-25(21)2)16-8-4-3-5-9-16/h3-11,14H,12-13H2,1-2H3. The Morgan fingerprint density at radius 1 is 0.840 bits per heavy atom. The first-order valence-electron chi connectivity index (χ1n) is 8.50. The Labute approximate surface area is 147 Å². The molecule has 2 heterocycles. The smallest absolute Gasteiger partial charge is 0.129 e. The Hall–Kier alpha value is -3.01. The molecule has 4 rings (SSSR count). The molecule has 0 bridgehead atoms. The number of fused-ring (bicyclic) bond motifs is 1. The van der Waals surface area contributed by atoms with Crippen LogP contribution in [0.15, 0.2) is 60.8 Å². The second-order valence-corrected chi connectivity index (χ2v) is 6.26. The number of hydrogen-bond acceptors (Lipinski definition) is 3. The summed E-state index contributed by atoms with van der Waals surface area (Å²) in [4.78, 5) is 14.1. The molecule has 4 heteroatoms. The highest BCUT2D eigenvalue weighted by Crippen LogP contribution is 2.19. The van der Waals surface area contributed by atoms with E-state index < -0.39 is 0 Å². The molecule has 0 saturated carbocycles. The highest BCUT2D eigenvalue weighted by molar-refractivity contribution is 5.80. The first kappa shape index (κ1) is 15.5. The molecule has 0 aliphatic carbocycles. The number of imidazole rings is 1. The van der Waals surface area contributed by atoms with E-state index in [-0.39, 0.29) is 0 Å². The maximum Gasteiger partial charge on any atom is 0.129 e. The summed E-state index contributed by atoms with van der Waals surface area (Å²) in [6.45, 7) is 2.04. The van der Waals surface area contributed by atoms with Crippen molar-refractivity contribution in [2.24, 2.45) is 7.05 Å². The van der Waals surface area contributed by atoms with Gasteiger partial charge in [-0.05, 0) is 13.0 Å². The molecule has 25 heavy (non-hydrogen) atoms. The van der Waals surface area contributed by atoms with Gasteiger partial charge in [0.25, 0.3) is 0 Å². The van der Waals surface area contributed by atoms with E-state index in [1.165, 1.54) is 0 Å². The predicted octanol–water partition coefficient (Wildman–Crippen LogP) is 4.12. The Morgan fingerprint density at radius 2 is 1.60 bits per heavy atom. The van der Waals surface area contributed by atoms with Crippen LogP contribution < -0.4 is 0 Å². The van der Waals surface area contributed by atoms with E-state index in [0.29, 0.717) is 0 Å². The minimum Gasteiger partial charge on any atom is -0.337 e.